The van der Waals surface area contributed by atoms with Gasteiger partial charge in [-0.25, -0.2) is 14.4 Å². The quantitative estimate of drug-likeness (QED) is 0.724. The van der Waals surface area contributed by atoms with Gasteiger partial charge in [0.15, 0.2) is 5.65 Å². The highest BCUT2D eigenvalue weighted by Gasteiger charge is 2.10. The van der Waals surface area contributed by atoms with Gasteiger partial charge in [0.2, 0.25) is 12.4 Å². The third kappa shape index (κ3) is 2.80. The minimum Gasteiger partial charge on any atom is -0.357 e. The largest absolute Gasteiger partial charge is 0.357 e. The molecule has 7 heteroatoms. The summed E-state index contributed by atoms with van der Waals surface area (Å²) in [6.07, 6.45) is 3.79. The number of aryl methyl sites for hydroxylation is 1. The number of carbonyl (C=O) groups excluding carboxylic acids is 1. The van der Waals surface area contributed by atoms with Crippen LogP contribution in [0.3, 0.4) is 0 Å². The summed E-state index contributed by atoms with van der Waals surface area (Å²) < 4.78 is 13.8. The summed E-state index contributed by atoms with van der Waals surface area (Å²) in [6.45, 7) is 1.80. The Hall–Kier alpha value is -3.09. The van der Waals surface area contributed by atoms with Crippen LogP contribution in [0.15, 0.2) is 30.6 Å². The number of nitrogens with one attached hydrogen (secondary N) is 2. The Bertz CT molecular complexity index is 897. The van der Waals surface area contributed by atoms with Gasteiger partial charge in [0.25, 0.3) is 0 Å². The molecule has 0 saturated carbocycles. The van der Waals surface area contributed by atoms with E-state index in [-0.39, 0.29) is 5.69 Å². The molecule has 2 heterocycles. The smallest absolute Gasteiger partial charge is 0.224 e. The molecular formula is C16H14FN5O. The Morgan fingerprint density at radius 1 is 1.17 bits per heavy atom. The summed E-state index contributed by atoms with van der Waals surface area (Å²) in [5, 5.41) is 5.99. The molecule has 1 amide bonds. The molecule has 0 unspecified atom stereocenters. The van der Waals surface area contributed by atoms with Gasteiger partial charge in [-0.1, -0.05) is 0 Å². The molecule has 6 nitrogen and oxygen atoms in total. The summed E-state index contributed by atoms with van der Waals surface area (Å²) in [5.41, 5.74) is 3.02. The van der Waals surface area contributed by atoms with Crippen LogP contribution in [-0.4, -0.2) is 28.4 Å². The van der Waals surface area contributed by atoms with E-state index in [0.29, 0.717) is 18.0 Å². The van der Waals surface area contributed by atoms with Crippen molar-refractivity contribution in [1.29, 1.82) is 0 Å². The predicted octanol–water partition coefficient (Wildman–Crippen LogP) is 2.75. The average molecular weight is 311 g/mol. The monoisotopic (exact) mass is 311 g/mol. The number of anilines is 2. The number of fused-ring (bicyclic) bond motifs is 1. The summed E-state index contributed by atoms with van der Waals surface area (Å²) >= 11 is 0. The van der Waals surface area contributed by atoms with Crippen LogP contribution in [0.2, 0.25) is 0 Å². The highest BCUT2D eigenvalue weighted by molar-refractivity contribution is 5.83. The zero-order valence-electron chi connectivity index (χ0n) is 12.6. The van der Waals surface area contributed by atoms with E-state index < -0.39 is 5.82 Å². The Morgan fingerprint density at radius 3 is 2.74 bits per heavy atom. The number of amides is 1. The molecule has 116 valence electrons. The molecule has 0 saturated heterocycles. The second-order valence-electron chi connectivity index (χ2n) is 4.99. The topological polar surface area (TPSA) is 79.8 Å². The molecule has 0 bridgehead atoms. The van der Waals surface area contributed by atoms with Crippen molar-refractivity contribution >= 4 is 29.1 Å². The second kappa shape index (κ2) is 5.96. The Balaban J connectivity index is 2.12. The molecular weight excluding hydrogens is 297 g/mol. The Kier molecular flexibility index (Phi) is 3.84. The first-order valence-corrected chi connectivity index (χ1v) is 6.93. The SMILES string of the molecule is CNc1ncc2cc(-c3cc(NC=O)c(F)cc3C)cnc2n1. The molecule has 0 spiro atoms. The van der Waals surface area contributed by atoms with Crippen molar-refractivity contribution in [3.05, 3.63) is 42.0 Å². The van der Waals surface area contributed by atoms with Gasteiger partial charge in [-0.3, -0.25) is 4.79 Å². The first-order chi connectivity index (χ1) is 11.1. The van der Waals surface area contributed by atoms with Crippen molar-refractivity contribution in [1.82, 2.24) is 15.0 Å². The Labute approximate surface area is 131 Å². The predicted molar refractivity (Wildman–Crippen MR) is 86.7 cm³/mol. The summed E-state index contributed by atoms with van der Waals surface area (Å²) in [7, 11) is 1.74. The molecule has 3 aromatic rings. The maximum absolute atomic E-state index is 13.8. The molecule has 0 atom stereocenters. The lowest BCUT2D eigenvalue weighted by Crippen LogP contribution is -1.99. The van der Waals surface area contributed by atoms with E-state index in [1.54, 1.807) is 32.4 Å². The van der Waals surface area contributed by atoms with E-state index in [0.717, 1.165) is 22.1 Å². The third-order valence-corrected chi connectivity index (χ3v) is 3.50. The number of halogens is 1. The van der Waals surface area contributed by atoms with Crippen LogP contribution in [0.1, 0.15) is 5.56 Å². The highest BCUT2D eigenvalue weighted by atomic mass is 19.1. The molecule has 3 rings (SSSR count). The first-order valence-electron chi connectivity index (χ1n) is 6.93. The van der Waals surface area contributed by atoms with E-state index in [2.05, 4.69) is 25.6 Å². The van der Waals surface area contributed by atoms with Crippen LogP contribution in [-0.2, 0) is 4.79 Å². The number of benzene rings is 1. The third-order valence-electron chi connectivity index (χ3n) is 3.50. The van der Waals surface area contributed by atoms with Crippen LogP contribution < -0.4 is 10.6 Å². The van der Waals surface area contributed by atoms with Crippen molar-refractivity contribution in [2.24, 2.45) is 0 Å². The van der Waals surface area contributed by atoms with Gasteiger partial charge in [0.1, 0.15) is 5.82 Å². The number of hydrogen-bond donors (Lipinski definition) is 2. The highest BCUT2D eigenvalue weighted by Crippen LogP contribution is 2.29. The van der Waals surface area contributed by atoms with E-state index in [4.69, 9.17) is 0 Å². The van der Waals surface area contributed by atoms with Gasteiger partial charge in [-0.2, -0.15) is 4.98 Å². The Morgan fingerprint density at radius 2 is 2.00 bits per heavy atom. The molecule has 23 heavy (non-hydrogen) atoms. The summed E-state index contributed by atoms with van der Waals surface area (Å²) in [5.74, 6) is 0.0160. The average Bonchev–Trinajstić information content (AvgIpc) is 2.56. The van der Waals surface area contributed by atoms with Crippen molar-refractivity contribution in [3.63, 3.8) is 0 Å². The number of carbonyl (C=O) groups is 1. The minimum absolute atomic E-state index is 0.127. The van der Waals surface area contributed by atoms with Gasteiger partial charge in [-0.15, -0.1) is 0 Å². The molecule has 0 aliphatic carbocycles. The van der Waals surface area contributed by atoms with Gasteiger partial charge >= 0.3 is 0 Å². The van der Waals surface area contributed by atoms with Crippen molar-refractivity contribution in [2.45, 2.75) is 6.92 Å². The minimum atomic E-state index is -0.478. The van der Waals surface area contributed by atoms with Crippen LogP contribution in [0.5, 0.6) is 0 Å². The van der Waals surface area contributed by atoms with Gasteiger partial charge in [0.05, 0.1) is 5.69 Å². The second-order valence-corrected chi connectivity index (χ2v) is 4.99. The lowest BCUT2D eigenvalue weighted by atomic mass is 10.0. The number of hydrogen-bond acceptors (Lipinski definition) is 5. The molecule has 0 radical (unpaired) electrons. The number of rotatable bonds is 4. The molecule has 0 aliphatic heterocycles. The standard InChI is InChI=1S/C16H14FN5O/c1-9-3-13(17)14(21-8-23)5-12(9)10-4-11-7-20-16(18-2)22-15(11)19-6-10/h3-8H,1-2H3,(H,21,23)(H,18,19,20,22). The van der Waals surface area contributed by atoms with Gasteiger partial charge < -0.3 is 10.6 Å². The summed E-state index contributed by atoms with van der Waals surface area (Å²) in [4.78, 5) is 23.3. The zero-order valence-corrected chi connectivity index (χ0v) is 12.6. The lowest BCUT2D eigenvalue weighted by molar-refractivity contribution is -0.105. The number of aromatic nitrogens is 3. The fourth-order valence-electron chi connectivity index (χ4n) is 2.35. The number of pyridine rings is 1. The fourth-order valence-corrected chi connectivity index (χ4v) is 2.35. The van der Waals surface area contributed by atoms with Crippen LogP contribution in [0.25, 0.3) is 22.2 Å². The first kappa shape index (κ1) is 14.8. The molecule has 0 fully saturated rings. The maximum Gasteiger partial charge on any atom is 0.224 e. The van der Waals surface area contributed by atoms with Crippen LogP contribution in [0.4, 0.5) is 16.0 Å². The molecule has 2 aromatic heterocycles. The van der Waals surface area contributed by atoms with E-state index in [1.807, 2.05) is 6.07 Å². The molecule has 0 aliphatic rings. The van der Waals surface area contributed by atoms with Crippen LogP contribution >= 0.6 is 0 Å². The number of nitrogens with zero attached hydrogens (tertiary/aromatic N) is 3. The van der Waals surface area contributed by atoms with Crippen molar-refractivity contribution < 1.29 is 9.18 Å². The maximum atomic E-state index is 13.8. The van der Waals surface area contributed by atoms with Gasteiger partial charge in [-0.05, 0) is 36.2 Å². The van der Waals surface area contributed by atoms with Crippen molar-refractivity contribution in [2.75, 3.05) is 17.7 Å². The zero-order chi connectivity index (χ0) is 16.4. The van der Waals surface area contributed by atoms with E-state index in [9.17, 15) is 9.18 Å². The molecule has 2 N–H and O–H groups in total. The lowest BCUT2D eigenvalue weighted by Gasteiger charge is -2.10. The van der Waals surface area contributed by atoms with E-state index >= 15 is 0 Å². The normalized spacial score (nSPS) is 10.6. The molecule has 1 aromatic carbocycles. The summed E-state index contributed by atoms with van der Waals surface area (Å²) in [6, 6.07) is 4.85. The van der Waals surface area contributed by atoms with Crippen molar-refractivity contribution in [3.8, 4) is 11.1 Å². The van der Waals surface area contributed by atoms with Crippen LogP contribution in [0, 0.1) is 12.7 Å². The van der Waals surface area contributed by atoms with E-state index in [1.165, 1.54) is 6.07 Å². The fraction of sp³-hybridized carbons (Fsp3) is 0.125. The van der Waals surface area contributed by atoms with Gasteiger partial charge in [0, 0.05) is 30.4 Å².